The molecule has 0 amide bonds. The lowest BCUT2D eigenvalue weighted by atomic mass is 9.87. The molecule has 2 aliphatic heterocycles. The smallest absolute Gasteiger partial charge is 0.264 e. The van der Waals surface area contributed by atoms with Crippen molar-refractivity contribution < 1.29 is 8.42 Å². The third-order valence-corrected chi connectivity index (χ3v) is 8.79. The molecule has 1 spiro atoms. The van der Waals surface area contributed by atoms with Crippen LogP contribution < -0.4 is 20.7 Å². The predicted molar refractivity (Wildman–Crippen MR) is 132 cm³/mol. The van der Waals surface area contributed by atoms with Crippen LogP contribution in [0.3, 0.4) is 0 Å². The standard InChI is InChI=1S/C23H27ClN6O2S/c24-18-11-10-17(33(31,32)29-14-6-8-16-7-2-3-9-19(16)29)15-20(18)30-22(26)27-21(25)28-23(30)12-4-1-5-13-23/h2-3,7,9-11,15H,1,4-6,8,12-14H2,(H4,25,26,27,28). The third-order valence-electron chi connectivity index (χ3n) is 6.67. The Kier molecular flexibility index (Phi) is 5.49. The number of hydrogen-bond donors (Lipinski definition) is 2. The number of benzene rings is 2. The molecule has 0 atom stereocenters. The minimum Gasteiger partial charge on any atom is -0.369 e. The number of halogens is 1. The molecular formula is C23H27ClN6O2S. The maximum Gasteiger partial charge on any atom is 0.264 e. The van der Waals surface area contributed by atoms with E-state index in [1.807, 2.05) is 24.3 Å². The predicted octanol–water partition coefficient (Wildman–Crippen LogP) is 3.59. The average molecular weight is 487 g/mol. The van der Waals surface area contributed by atoms with Crippen molar-refractivity contribution in [3.05, 3.63) is 53.1 Å². The Morgan fingerprint density at radius 3 is 2.52 bits per heavy atom. The van der Waals surface area contributed by atoms with Crippen LogP contribution in [0, 0.1) is 0 Å². The van der Waals surface area contributed by atoms with Gasteiger partial charge in [-0.15, -0.1) is 0 Å². The van der Waals surface area contributed by atoms with Crippen molar-refractivity contribution in [3.8, 4) is 0 Å². The first-order chi connectivity index (χ1) is 15.8. The van der Waals surface area contributed by atoms with Gasteiger partial charge in [-0.3, -0.25) is 9.21 Å². The number of hydrogen-bond acceptors (Lipinski definition) is 7. The summed E-state index contributed by atoms with van der Waals surface area (Å²) in [5.41, 5.74) is 13.8. The maximum absolute atomic E-state index is 13.8. The molecule has 8 nitrogen and oxygen atoms in total. The normalized spacial score (nSPS) is 20.3. The molecule has 4 N–H and O–H groups in total. The van der Waals surface area contributed by atoms with Gasteiger partial charge in [-0.25, -0.2) is 13.4 Å². The summed E-state index contributed by atoms with van der Waals surface area (Å²) in [6.45, 7) is 0.426. The molecule has 0 bridgehead atoms. The summed E-state index contributed by atoms with van der Waals surface area (Å²) in [6.07, 6.45) is 6.10. The number of nitrogens with two attached hydrogens (primary N) is 2. The number of fused-ring (bicyclic) bond motifs is 1. The van der Waals surface area contributed by atoms with Crippen molar-refractivity contribution in [2.24, 2.45) is 21.5 Å². The molecule has 2 aromatic carbocycles. The molecule has 3 aliphatic rings. The van der Waals surface area contributed by atoms with Crippen molar-refractivity contribution in [2.75, 3.05) is 15.7 Å². The first-order valence-electron chi connectivity index (χ1n) is 11.2. The van der Waals surface area contributed by atoms with Crippen LogP contribution in [0.25, 0.3) is 0 Å². The van der Waals surface area contributed by atoms with Crippen LogP contribution in [-0.4, -0.2) is 32.5 Å². The topological polar surface area (TPSA) is 117 Å². The van der Waals surface area contributed by atoms with Gasteiger partial charge in [0.15, 0.2) is 0 Å². The highest BCUT2D eigenvalue weighted by Gasteiger charge is 2.43. The van der Waals surface area contributed by atoms with Gasteiger partial charge in [-0.05, 0) is 68.4 Å². The molecule has 174 valence electrons. The highest BCUT2D eigenvalue weighted by atomic mass is 35.5. The fourth-order valence-corrected chi connectivity index (χ4v) is 6.93. The summed E-state index contributed by atoms with van der Waals surface area (Å²) >= 11 is 6.61. The number of para-hydroxylation sites is 1. The van der Waals surface area contributed by atoms with Crippen LogP contribution in [0.1, 0.15) is 44.1 Å². The van der Waals surface area contributed by atoms with E-state index < -0.39 is 15.7 Å². The summed E-state index contributed by atoms with van der Waals surface area (Å²) in [4.78, 5) is 10.8. The van der Waals surface area contributed by atoms with Crippen LogP contribution in [0.4, 0.5) is 11.4 Å². The highest BCUT2D eigenvalue weighted by Crippen LogP contribution is 2.43. The lowest BCUT2D eigenvalue weighted by Gasteiger charge is -2.46. The summed E-state index contributed by atoms with van der Waals surface area (Å²) < 4.78 is 29.0. The van der Waals surface area contributed by atoms with Gasteiger partial charge in [-0.1, -0.05) is 36.2 Å². The number of aryl methyl sites for hydroxylation is 1. The summed E-state index contributed by atoms with van der Waals surface area (Å²) in [5.74, 6) is 0.305. The van der Waals surface area contributed by atoms with E-state index in [-0.39, 0.29) is 16.8 Å². The Morgan fingerprint density at radius 1 is 0.970 bits per heavy atom. The molecule has 0 aromatic heterocycles. The number of guanidine groups is 2. The Bertz CT molecular complexity index is 1250. The Morgan fingerprint density at radius 2 is 1.73 bits per heavy atom. The van der Waals surface area contributed by atoms with Crippen LogP contribution in [0.5, 0.6) is 0 Å². The summed E-state index contributed by atoms with van der Waals surface area (Å²) in [7, 11) is -3.82. The largest absolute Gasteiger partial charge is 0.369 e. The molecule has 10 heteroatoms. The van der Waals surface area contributed by atoms with Gasteiger partial charge in [0.05, 0.1) is 21.3 Å². The van der Waals surface area contributed by atoms with E-state index in [0.717, 1.165) is 56.2 Å². The molecular weight excluding hydrogens is 460 g/mol. The lowest BCUT2D eigenvalue weighted by molar-refractivity contribution is 0.305. The van der Waals surface area contributed by atoms with Crippen molar-refractivity contribution in [1.29, 1.82) is 0 Å². The molecule has 2 heterocycles. The number of aliphatic imine (C=N–C) groups is 2. The van der Waals surface area contributed by atoms with E-state index in [9.17, 15) is 8.42 Å². The fraction of sp³-hybridized carbons (Fsp3) is 0.391. The Hall–Kier alpha value is -2.78. The lowest BCUT2D eigenvalue weighted by Crippen LogP contribution is -2.58. The number of nitrogens with zero attached hydrogens (tertiary/aromatic N) is 4. The first-order valence-corrected chi connectivity index (χ1v) is 13.0. The fourth-order valence-electron chi connectivity index (χ4n) is 5.17. The van der Waals surface area contributed by atoms with E-state index in [1.54, 1.807) is 23.1 Å². The van der Waals surface area contributed by atoms with E-state index >= 15 is 0 Å². The van der Waals surface area contributed by atoms with Crippen molar-refractivity contribution in [3.63, 3.8) is 0 Å². The molecule has 5 rings (SSSR count). The zero-order valence-electron chi connectivity index (χ0n) is 18.2. The van der Waals surface area contributed by atoms with Gasteiger partial charge in [-0.2, -0.15) is 4.99 Å². The monoisotopic (exact) mass is 486 g/mol. The Balaban J connectivity index is 1.60. The van der Waals surface area contributed by atoms with E-state index in [1.165, 1.54) is 4.31 Å². The van der Waals surface area contributed by atoms with Gasteiger partial charge < -0.3 is 11.5 Å². The highest BCUT2D eigenvalue weighted by molar-refractivity contribution is 7.92. The molecule has 0 unspecified atom stereocenters. The van der Waals surface area contributed by atoms with E-state index in [0.29, 0.717) is 17.3 Å². The minimum absolute atomic E-state index is 0.135. The second-order valence-electron chi connectivity index (χ2n) is 8.74. The van der Waals surface area contributed by atoms with Crippen LogP contribution >= 0.6 is 11.6 Å². The maximum atomic E-state index is 13.8. The summed E-state index contributed by atoms with van der Waals surface area (Å²) in [5, 5.41) is 0.381. The molecule has 1 fully saturated rings. The molecule has 0 radical (unpaired) electrons. The Labute approximate surface area is 199 Å². The first kappa shape index (κ1) is 22.0. The number of sulfonamides is 1. The SMILES string of the molecule is NC1=NC2(CCCCC2)N(c2cc(S(=O)(=O)N3CCCc4ccccc43)ccc2Cl)C(N)=N1. The quantitative estimate of drug-likeness (QED) is 0.687. The van der Waals surface area contributed by atoms with E-state index in [2.05, 4.69) is 9.98 Å². The van der Waals surface area contributed by atoms with Crippen molar-refractivity contribution in [1.82, 2.24) is 0 Å². The number of rotatable bonds is 3. The van der Waals surface area contributed by atoms with Crippen molar-refractivity contribution in [2.45, 2.75) is 55.5 Å². The second-order valence-corrected chi connectivity index (χ2v) is 11.0. The second kappa shape index (κ2) is 8.22. The molecule has 1 saturated carbocycles. The summed E-state index contributed by atoms with van der Waals surface area (Å²) in [6, 6.07) is 12.4. The van der Waals surface area contributed by atoms with Gasteiger partial charge in [0.2, 0.25) is 11.9 Å². The zero-order chi connectivity index (χ0) is 23.2. The molecule has 2 aromatic rings. The van der Waals surface area contributed by atoms with Crippen LogP contribution in [-0.2, 0) is 16.4 Å². The molecule has 33 heavy (non-hydrogen) atoms. The molecule has 1 aliphatic carbocycles. The van der Waals surface area contributed by atoms with Gasteiger partial charge in [0.1, 0.15) is 5.66 Å². The average Bonchev–Trinajstić information content (AvgIpc) is 2.79. The van der Waals surface area contributed by atoms with Crippen LogP contribution in [0.15, 0.2) is 57.3 Å². The van der Waals surface area contributed by atoms with Gasteiger partial charge in [0, 0.05) is 6.54 Å². The third kappa shape index (κ3) is 3.73. The van der Waals surface area contributed by atoms with Gasteiger partial charge >= 0.3 is 0 Å². The van der Waals surface area contributed by atoms with E-state index in [4.69, 9.17) is 23.1 Å². The van der Waals surface area contributed by atoms with Crippen LogP contribution in [0.2, 0.25) is 5.02 Å². The molecule has 0 saturated heterocycles. The van der Waals surface area contributed by atoms with Gasteiger partial charge in [0.25, 0.3) is 10.0 Å². The van der Waals surface area contributed by atoms with Crippen molar-refractivity contribution >= 4 is 44.9 Å². The number of anilines is 2. The minimum atomic E-state index is -3.82. The zero-order valence-corrected chi connectivity index (χ0v) is 19.8.